The average Bonchev–Trinajstić information content (AvgIpc) is 3.65. The molecule has 3 aliphatic rings. The first-order chi connectivity index (χ1) is 19.6. The molecule has 40 heavy (non-hydrogen) atoms. The molecule has 10 nitrogen and oxygen atoms in total. The highest BCUT2D eigenvalue weighted by Gasteiger charge is 2.34. The molecular formula is C30H35N7O3. The Labute approximate surface area is 232 Å². The minimum atomic E-state index is -0.320. The molecule has 208 valence electrons. The van der Waals surface area contributed by atoms with E-state index in [0.29, 0.717) is 5.56 Å². The Bertz CT molecular complexity index is 1570. The summed E-state index contributed by atoms with van der Waals surface area (Å²) in [4.78, 5) is 21.6. The van der Waals surface area contributed by atoms with Crippen LogP contribution in [0.5, 0.6) is 11.5 Å². The molecule has 4 heterocycles. The monoisotopic (exact) mass is 541 g/mol. The zero-order chi connectivity index (χ0) is 27.1. The van der Waals surface area contributed by atoms with E-state index < -0.39 is 0 Å². The predicted octanol–water partition coefficient (Wildman–Crippen LogP) is 3.96. The van der Waals surface area contributed by atoms with Gasteiger partial charge in [-0.25, -0.2) is 4.68 Å². The number of hydrogen-bond donors (Lipinski definition) is 1. The summed E-state index contributed by atoms with van der Waals surface area (Å²) < 4.78 is 13.1. The number of rotatable bonds is 6. The second kappa shape index (κ2) is 10.7. The van der Waals surface area contributed by atoms with Gasteiger partial charge in [0, 0.05) is 43.8 Å². The topological polar surface area (TPSA) is 101 Å². The van der Waals surface area contributed by atoms with E-state index in [-0.39, 0.29) is 24.4 Å². The van der Waals surface area contributed by atoms with Crippen molar-refractivity contribution in [3.05, 3.63) is 75.3 Å². The molecule has 1 N–H and O–H groups in total. The third-order valence-electron chi connectivity index (χ3n) is 8.62. The van der Waals surface area contributed by atoms with Crippen LogP contribution in [0.2, 0.25) is 0 Å². The highest BCUT2D eigenvalue weighted by Crippen LogP contribution is 2.35. The summed E-state index contributed by atoms with van der Waals surface area (Å²) in [6.07, 6.45) is 5.77. The number of piperazine rings is 1. The number of pyridine rings is 1. The van der Waals surface area contributed by atoms with Crippen molar-refractivity contribution in [2.45, 2.75) is 57.7 Å². The van der Waals surface area contributed by atoms with E-state index in [1.165, 1.54) is 24.8 Å². The molecule has 7 rings (SSSR count). The van der Waals surface area contributed by atoms with E-state index in [1.54, 1.807) is 0 Å². The van der Waals surface area contributed by atoms with E-state index in [4.69, 9.17) is 9.47 Å². The van der Waals surface area contributed by atoms with E-state index >= 15 is 0 Å². The van der Waals surface area contributed by atoms with Crippen molar-refractivity contribution in [1.29, 1.82) is 0 Å². The lowest BCUT2D eigenvalue weighted by Gasteiger charge is -2.39. The molecule has 1 saturated carbocycles. The third kappa shape index (κ3) is 4.86. The molecule has 2 fully saturated rings. The standard InChI is InChI=1S/C30H35N7O3/c1-20-7-9-22-17-24(30(38)31-25(22)15-20)28(29-32-33-34-37(29)23-5-3-2-4-6-23)36-13-11-35(12-14-36)18-21-8-10-26-27(16-21)40-19-39-26/h7-10,15-17,23,28H,2-6,11-14,18-19H2,1H3,(H,31,38)/t28-/m0/s1. The third-order valence-corrected chi connectivity index (χ3v) is 8.62. The number of H-pyrrole nitrogens is 1. The van der Waals surface area contributed by atoms with E-state index in [0.717, 1.165) is 79.4 Å². The van der Waals surface area contributed by atoms with Crippen molar-refractivity contribution in [3.8, 4) is 11.5 Å². The number of fused-ring (bicyclic) bond motifs is 2. The number of hydrogen-bond acceptors (Lipinski definition) is 8. The van der Waals surface area contributed by atoms with Crippen LogP contribution in [0.3, 0.4) is 0 Å². The fraction of sp³-hybridized carbons (Fsp3) is 0.467. The van der Waals surface area contributed by atoms with Crippen LogP contribution in [-0.4, -0.2) is 68.0 Å². The van der Waals surface area contributed by atoms with Gasteiger partial charge < -0.3 is 14.5 Å². The van der Waals surface area contributed by atoms with Gasteiger partial charge in [0.1, 0.15) is 6.04 Å². The van der Waals surface area contributed by atoms with Crippen LogP contribution in [0, 0.1) is 6.92 Å². The summed E-state index contributed by atoms with van der Waals surface area (Å²) >= 11 is 0. The minimum absolute atomic E-state index is 0.0796. The van der Waals surface area contributed by atoms with Gasteiger partial charge in [0.15, 0.2) is 17.3 Å². The van der Waals surface area contributed by atoms with Gasteiger partial charge in [-0.3, -0.25) is 14.6 Å². The number of nitrogens with one attached hydrogen (secondary N) is 1. The van der Waals surface area contributed by atoms with Crippen LogP contribution in [0.1, 0.15) is 66.7 Å². The molecule has 0 unspecified atom stereocenters. The SMILES string of the molecule is Cc1ccc2cc([C@@H](c3nnnn3C3CCCCC3)N3CCN(Cc4ccc5c(c4)OCO5)CC3)c(=O)[nH]c2c1. The lowest BCUT2D eigenvalue weighted by atomic mass is 9.95. The summed E-state index contributed by atoms with van der Waals surface area (Å²) in [6.45, 7) is 6.52. The van der Waals surface area contributed by atoms with Crippen LogP contribution in [0.25, 0.3) is 10.9 Å². The lowest BCUT2D eigenvalue weighted by molar-refractivity contribution is 0.0982. The number of aromatic nitrogens is 5. The highest BCUT2D eigenvalue weighted by molar-refractivity contribution is 5.79. The van der Waals surface area contributed by atoms with Crippen molar-refractivity contribution in [2.24, 2.45) is 0 Å². The second-order valence-electron chi connectivity index (χ2n) is 11.3. The number of benzene rings is 2. The molecular weight excluding hydrogens is 506 g/mol. The quantitative estimate of drug-likeness (QED) is 0.392. The highest BCUT2D eigenvalue weighted by atomic mass is 16.7. The Morgan fingerprint density at radius 1 is 0.975 bits per heavy atom. The van der Waals surface area contributed by atoms with Crippen molar-refractivity contribution in [3.63, 3.8) is 0 Å². The molecule has 0 spiro atoms. The number of ether oxygens (including phenoxy) is 2. The van der Waals surface area contributed by atoms with Crippen molar-refractivity contribution in [1.82, 2.24) is 35.0 Å². The molecule has 2 aliphatic heterocycles. The van der Waals surface area contributed by atoms with Crippen molar-refractivity contribution < 1.29 is 9.47 Å². The Morgan fingerprint density at radius 2 is 1.80 bits per heavy atom. The Morgan fingerprint density at radius 3 is 2.65 bits per heavy atom. The first kappa shape index (κ1) is 25.2. The molecule has 2 aromatic heterocycles. The van der Waals surface area contributed by atoms with E-state index in [1.807, 2.05) is 29.8 Å². The van der Waals surface area contributed by atoms with Crippen LogP contribution >= 0.6 is 0 Å². The van der Waals surface area contributed by atoms with Gasteiger partial charge in [-0.2, -0.15) is 0 Å². The Balaban J connectivity index is 1.19. The summed E-state index contributed by atoms with van der Waals surface area (Å²) in [6, 6.07) is 14.4. The number of tetrazole rings is 1. The normalized spacial score (nSPS) is 19.3. The molecule has 1 atom stereocenters. The van der Waals surface area contributed by atoms with Gasteiger partial charge in [0.05, 0.1) is 6.04 Å². The maximum absolute atomic E-state index is 13.6. The molecule has 0 amide bonds. The summed E-state index contributed by atoms with van der Waals surface area (Å²) in [5.74, 6) is 2.40. The first-order valence-corrected chi connectivity index (χ1v) is 14.4. The maximum Gasteiger partial charge on any atom is 0.253 e. The molecule has 4 aromatic rings. The average molecular weight is 542 g/mol. The number of aryl methyl sites for hydroxylation is 1. The maximum atomic E-state index is 13.6. The zero-order valence-electron chi connectivity index (χ0n) is 22.9. The molecule has 1 aliphatic carbocycles. The van der Waals surface area contributed by atoms with Gasteiger partial charge in [0.25, 0.3) is 5.56 Å². The van der Waals surface area contributed by atoms with Crippen molar-refractivity contribution in [2.75, 3.05) is 33.0 Å². The zero-order valence-corrected chi connectivity index (χ0v) is 22.9. The smallest absolute Gasteiger partial charge is 0.253 e. The van der Waals surface area contributed by atoms with Gasteiger partial charge in [-0.05, 0) is 71.0 Å². The Hall–Kier alpha value is -3.76. The van der Waals surface area contributed by atoms with Crippen LogP contribution in [0.4, 0.5) is 0 Å². The first-order valence-electron chi connectivity index (χ1n) is 14.4. The van der Waals surface area contributed by atoms with Gasteiger partial charge in [0.2, 0.25) is 6.79 Å². The van der Waals surface area contributed by atoms with Crippen LogP contribution < -0.4 is 15.0 Å². The lowest BCUT2D eigenvalue weighted by Crippen LogP contribution is -2.48. The molecule has 0 bridgehead atoms. The van der Waals surface area contributed by atoms with E-state index in [2.05, 4.69) is 54.6 Å². The van der Waals surface area contributed by atoms with E-state index in [9.17, 15) is 4.79 Å². The summed E-state index contributed by atoms with van der Waals surface area (Å²) in [5.41, 5.74) is 3.80. The molecule has 0 radical (unpaired) electrons. The van der Waals surface area contributed by atoms with Crippen LogP contribution in [-0.2, 0) is 6.54 Å². The van der Waals surface area contributed by atoms with Gasteiger partial charge >= 0.3 is 0 Å². The van der Waals surface area contributed by atoms with Gasteiger partial charge in [-0.1, -0.05) is 37.5 Å². The molecule has 10 heteroatoms. The largest absolute Gasteiger partial charge is 0.454 e. The number of aromatic amines is 1. The second-order valence-corrected chi connectivity index (χ2v) is 11.3. The fourth-order valence-corrected chi connectivity index (χ4v) is 6.48. The minimum Gasteiger partial charge on any atom is -0.454 e. The summed E-state index contributed by atoms with van der Waals surface area (Å²) in [5, 5.41) is 14.2. The van der Waals surface area contributed by atoms with Crippen molar-refractivity contribution >= 4 is 10.9 Å². The Kier molecular flexibility index (Phi) is 6.73. The summed E-state index contributed by atoms with van der Waals surface area (Å²) in [7, 11) is 0. The predicted molar refractivity (Wildman–Crippen MR) is 151 cm³/mol. The fourth-order valence-electron chi connectivity index (χ4n) is 6.48. The van der Waals surface area contributed by atoms with Crippen LogP contribution in [0.15, 0.2) is 47.3 Å². The molecule has 1 saturated heterocycles. The number of nitrogens with zero attached hydrogens (tertiary/aromatic N) is 6. The van der Waals surface area contributed by atoms with Gasteiger partial charge in [-0.15, -0.1) is 5.10 Å². The molecule has 2 aromatic carbocycles.